The molecule has 19 heavy (non-hydrogen) atoms. The summed E-state index contributed by atoms with van der Waals surface area (Å²) in [7, 11) is 2.25. The molecule has 0 aliphatic carbocycles. The van der Waals surface area contributed by atoms with Crippen molar-refractivity contribution in [3.05, 3.63) is 0 Å². The molecule has 110 valence electrons. The summed E-state index contributed by atoms with van der Waals surface area (Å²) in [5.74, 6) is -0.228. The van der Waals surface area contributed by atoms with E-state index in [9.17, 15) is 4.79 Å². The molecule has 2 fully saturated rings. The van der Waals surface area contributed by atoms with E-state index in [0.717, 1.165) is 32.0 Å². The smallest absolute Gasteiger partial charge is 0.303 e. The number of nitrogens with zero attached hydrogens (tertiary/aromatic N) is 2. The lowest BCUT2D eigenvalue weighted by molar-refractivity contribution is -0.138. The van der Waals surface area contributed by atoms with Crippen LogP contribution in [0.5, 0.6) is 0 Å². The van der Waals surface area contributed by atoms with Crippen molar-refractivity contribution < 1.29 is 9.90 Å². The zero-order valence-corrected chi connectivity index (χ0v) is 12.2. The molecule has 2 aliphatic rings. The van der Waals surface area contributed by atoms with Crippen molar-refractivity contribution in [3.8, 4) is 0 Å². The van der Waals surface area contributed by atoms with Gasteiger partial charge in [0.25, 0.3) is 0 Å². The first kappa shape index (κ1) is 14.8. The Morgan fingerprint density at radius 2 is 1.89 bits per heavy atom. The fourth-order valence-corrected chi connectivity index (χ4v) is 3.50. The largest absolute Gasteiger partial charge is 0.481 e. The maximum absolute atomic E-state index is 10.7. The second-order valence-corrected chi connectivity index (χ2v) is 6.30. The van der Waals surface area contributed by atoms with Gasteiger partial charge in [-0.1, -0.05) is 6.42 Å². The Balaban J connectivity index is 1.64. The van der Waals surface area contributed by atoms with E-state index >= 15 is 0 Å². The Labute approximate surface area is 116 Å². The van der Waals surface area contributed by atoms with E-state index < -0.39 is 5.97 Å². The Morgan fingerprint density at radius 1 is 1.16 bits per heavy atom. The molecule has 1 atom stereocenters. The molecule has 2 aliphatic heterocycles. The minimum absolute atomic E-state index is 0.360. The number of hydrogen-bond acceptors (Lipinski definition) is 3. The summed E-state index contributed by atoms with van der Waals surface area (Å²) >= 11 is 0. The quantitative estimate of drug-likeness (QED) is 0.829. The molecule has 0 aromatic heterocycles. The van der Waals surface area contributed by atoms with E-state index in [2.05, 4.69) is 16.8 Å². The third-order valence-electron chi connectivity index (χ3n) is 4.87. The zero-order chi connectivity index (χ0) is 13.7. The molecule has 0 saturated carbocycles. The van der Waals surface area contributed by atoms with Crippen LogP contribution in [-0.2, 0) is 4.79 Å². The summed E-state index contributed by atoms with van der Waals surface area (Å²) in [6.07, 6.45) is 7.86. The summed E-state index contributed by atoms with van der Waals surface area (Å²) in [5, 5.41) is 8.82. The molecule has 4 heteroatoms. The molecule has 0 aromatic carbocycles. The lowest BCUT2D eigenvalue weighted by Gasteiger charge is -2.36. The second-order valence-electron chi connectivity index (χ2n) is 6.30. The first-order chi connectivity index (χ1) is 9.15. The topological polar surface area (TPSA) is 43.8 Å². The van der Waals surface area contributed by atoms with E-state index in [-0.39, 0.29) is 0 Å². The van der Waals surface area contributed by atoms with Crippen LogP contribution in [0.4, 0.5) is 0 Å². The lowest BCUT2D eigenvalue weighted by atomic mass is 9.93. The molecular formula is C15H28N2O2. The number of carbonyl (C=O) groups is 1. The van der Waals surface area contributed by atoms with Gasteiger partial charge in [0.1, 0.15) is 0 Å². The highest BCUT2D eigenvalue weighted by Gasteiger charge is 2.23. The third-order valence-corrected chi connectivity index (χ3v) is 4.87. The van der Waals surface area contributed by atoms with Crippen LogP contribution in [0, 0.1) is 5.92 Å². The summed E-state index contributed by atoms with van der Waals surface area (Å²) in [6.45, 7) is 4.63. The Kier molecular flexibility index (Phi) is 5.64. The first-order valence-corrected chi connectivity index (χ1v) is 7.79. The van der Waals surface area contributed by atoms with Crippen LogP contribution in [0.25, 0.3) is 0 Å². The van der Waals surface area contributed by atoms with Crippen molar-refractivity contribution >= 4 is 5.97 Å². The maximum Gasteiger partial charge on any atom is 0.303 e. The highest BCUT2D eigenvalue weighted by atomic mass is 16.4. The van der Waals surface area contributed by atoms with Gasteiger partial charge in [0, 0.05) is 12.5 Å². The van der Waals surface area contributed by atoms with Crippen LogP contribution < -0.4 is 0 Å². The average molecular weight is 268 g/mol. The number of piperidine rings is 2. The van der Waals surface area contributed by atoms with Gasteiger partial charge in [0.15, 0.2) is 0 Å². The molecule has 4 nitrogen and oxygen atoms in total. The van der Waals surface area contributed by atoms with Gasteiger partial charge in [-0.3, -0.25) is 4.79 Å². The van der Waals surface area contributed by atoms with Crippen LogP contribution in [0.2, 0.25) is 0 Å². The SMILES string of the molecule is CN1CCCCC1CCN1CCC(CC(=O)O)CC1. The van der Waals surface area contributed by atoms with Crippen molar-refractivity contribution in [1.82, 2.24) is 9.80 Å². The van der Waals surface area contributed by atoms with E-state index in [4.69, 9.17) is 5.11 Å². The predicted molar refractivity (Wildman–Crippen MR) is 76.3 cm³/mol. The Morgan fingerprint density at radius 3 is 2.53 bits per heavy atom. The maximum atomic E-state index is 10.7. The van der Waals surface area contributed by atoms with Crippen LogP contribution in [0.1, 0.15) is 44.9 Å². The summed E-state index contributed by atoms with van der Waals surface area (Å²) in [5.41, 5.74) is 0. The molecule has 0 spiro atoms. The number of rotatable bonds is 5. The third kappa shape index (κ3) is 4.77. The zero-order valence-electron chi connectivity index (χ0n) is 12.2. The molecule has 1 N–H and O–H groups in total. The summed E-state index contributed by atoms with van der Waals surface area (Å²) in [4.78, 5) is 15.7. The normalized spacial score (nSPS) is 27.5. The fraction of sp³-hybridized carbons (Fsp3) is 0.933. The van der Waals surface area contributed by atoms with Gasteiger partial charge in [0.2, 0.25) is 0 Å². The summed E-state index contributed by atoms with van der Waals surface area (Å²) < 4.78 is 0. The number of likely N-dealkylation sites (tertiary alicyclic amines) is 2. The van der Waals surface area contributed by atoms with E-state index in [0.29, 0.717) is 12.3 Å². The highest BCUT2D eigenvalue weighted by molar-refractivity contribution is 5.67. The molecule has 2 saturated heterocycles. The van der Waals surface area contributed by atoms with Crippen molar-refractivity contribution in [2.75, 3.05) is 33.2 Å². The van der Waals surface area contributed by atoms with Gasteiger partial charge < -0.3 is 14.9 Å². The van der Waals surface area contributed by atoms with E-state index in [1.54, 1.807) is 0 Å². The molecule has 0 radical (unpaired) electrons. The monoisotopic (exact) mass is 268 g/mol. The molecule has 1 unspecified atom stereocenters. The van der Waals surface area contributed by atoms with Gasteiger partial charge in [-0.15, -0.1) is 0 Å². The van der Waals surface area contributed by atoms with Gasteiger partial charge >= 0.3 is 5.97 Å². The number of hydrogen-bond donors (Lipinski definition) is 1. The highest BCUT2D eigenvalue weighted by Crippen LogP contribution is 2.22. The molecule has 2 rings (SSSR count). The number of carboxylic acid groups (broad SMARTS) is 1. The molecule has 0 amide bonds. The minimum atomic E-state index is -0.637. The lowest BCUT2D eigenvalue weighted by Crippen LogP contribution is -2.41. The van der Waals surface area contributed by atoms with Gasteiger partial charge in [-0.2, -0.15) is 0 Å². The van der Waals surface area contributed by atoms with Crippen molar-refractivity contribution in [2.24, 2.45) is 5.92 Å². The van der Waals surface area contributed by atoms with Crippen molar-refractivity contribution in [2.45, 2.75) is 51.0 Å². The van der Waals surface area contributed by atoms with E-state index in [1.165, 1.54) is 38.8 Å². The average Bonchev–Trinajstić information content (AvgIpc) is 2.39. The van der Waals surface area contributed by atoms with Gasteiger partial charge in [-0.25, -0.2) is 0 Å². The molecule has 0 aromatic rings. The second kappa shape index (κ2) is 7.25. The molecule has 0 bridgehead atoms. The van der Waals surface area contributed by atoms with E-state index in [1.807, 2.05) is 0 Å². The fourth-order valence-electron chi connectivity index (χ4n) is 3.50. The number of aliphatic carboxylic acids is 1. The van der Waals surface area contributed by atoms with Crippen molar-refractivity contribution in [3.63, 3.8) is 0 Å². The van der Waals surface area contributed by atoms with Crippen LogP contribution in [0.3, 0.4) is 0 Å². The van der Waals surface area contributed by atoms with Crippen LogP contribution in [-0.4, -0.2) is 60.1 Å². The Hall–Kier alpha value is -0.610. The standard InChI is InChI=1S/C15H28N2O2/c1-16-8-3-2-4-14(16)7-11-17-9-5-13(6-10-17)12-15(18)19/h13-14H,2-12H2,1H3,(H,18,19). The molecule has 2 heterocycles. The van der Waals surface area contributed by atoms with Crippen LogP contribution >= 0.6 is 0 Å². The molecular weight excluding hydrogens is 240 g/mol. The van der Waals surface area contributed by atoms with Crippen molar-refractivity contribution in [1.29, 1.82) is 0 Å². The minimum Gasteiger partial charge on any atom is -0.481 e. The Bertz CT molecular complexity index is 288. The number of carboxylic acids is 1. The first-order valence-electron chi connectivity index (χ1n) is 7.79. The van der Waals surface area contributed by atoms with Crippen LogP contribution in [0.15, 0.2) is 0 Å². The predicted octanol–water partition coefficient (Wildman–Crippen LogP) is 2.05. The van der Waals surface area contributed by atoms with Gasteiger partial charge in [-0.05, 0) is 71.2 Å². The summed E-state index contributed by atoms with van der Waals surface area (Å²) in [6, 6.07) is 0.769. The van der Waals surface area contributed by atoms with Gasteiger partial charge in [0.05, 0.1) is 0 Å².